The summed E-state index contributed by atoms with van der Waals surface area (Å²) in [5.41, 5.74) is 20.6. The fraction of sp³-hybridized carbons (Fsp3) is 0.310. The van der Waals surface area contributed by atoms with Crippen molar-refractivity contribution in [1.29, 1.82) is 0 Å². The number of hydrogen-bond donors (Lipinski definition) is 2. The molecular weight excluding hydrogens is 637 g/mol. The first-order chi connectivity index (χ1) is 24.7. The van der Waals surface area contributed by atoms with Crippen molar-refractivity contribution in [2.24, 2.45) is 11.7 Å². The smallest absolute Gasteiger partial charge is 0.254 e. The van der Waals surface area contributed by atoms with Crippen LogP contribution in [0.15, 0.2) is 96.1 Å². The van der Waals surface area contributed by atoms with Crippen LogP contribution in [0.1, 0.15) is 34.3 Å². The molecule has 0 atom stereocenters. The van der Waals surface area contributed by atoms with E-state index in [-0.39, 0.29) is 11.0 Å². The SMILES string of the molecule is Cc1ccc(-c2cn(CC3CCOCC3)c(-c3ccc(-c4cc(-c5ccc(CN6CCN(C)CC6)cc5)cnc4N)cc3)c(C(N)=O)c2=O)cc1. The van der Waals surface area contributed by atoms with E-state index in [9.17, 15) is 9.59 Å². The third-order valence-corrected chi connectivity index (χ3v) is 10.4. The maximum atomic E-state index is 14.0. The average Bonchev–Trinajstić information content (AvgIpc) is 3.14. The van der Waals surface area contributed by atoms with Gasteiger partial charge in [-0.15, -0.1) is 0 Å². The topological polar surface area (TPSA) is 120 Å². The van der Waals surface area contributed by atoms with Gasteiger partial charge >= 0.3 is 0 Å². The lowest BCUT2D eigenvalue weighted by molar-refractivity contribution is 0.0613. The van der Waals surface area contributed by atoms with E-state index in [1.165, 1.54) is 5.56 Å². The Hall–Kier alpha value is -5.09. The van der Waals surface area contributed by atoms with E-state index >= 15 is 0 Å². The summed E-state index contributed by atoms with van der Waals surface area (Å²) in [4.78, 5) is 36.5. The standard InChI is InChI=1S/C42H46N6O3/c1-28-3-7-33(8-4-28)37-27-48(26-30-15-21-51-22-16-30)39(38(40(37)49)42(44)50)34-13-11-32(12-14-34)36-23-35(24-45-41(36)43)31-9-5-29(6-10-31)25-47-19-17-46(2)18-20-47/h3-14,23-24,27,30H,15-22,25-26H2,1-2H3,(H2,43,45)(H2,44,50). The molecule has 2 aromatic heterocycles. The number of benzene rings is 3. The van der Waals surface area contributed by atoms with Gasteiger partial charge in [0.2, 0.25) is 5.43 Å². The highest BCUT2D eigenvalue weighted by atomic mass is 16.5. The van der Waals surface area contributed by atoms with Gasteiger partial charge in [-0.3, -0.25) is 14.5 Å². The van der Waals surface area contributed by atoms with Gasteiger partial charge in [-0.25, -0.2) is 4.98 Å². The normalized spacial score (nSPS) is 16.0. The Balaban J connectivity index is 1.21. The molecule has 0 saturated carbocycles. The number of nitrogen functional groups attached to an aromatic ring is 1. The van der Waals surface area contributed by atoms with Crippen LogP contribution < -0.4 is 16.9 Å². The second-order valence-electron chi connectivity index (χ2n) is 14.0. The molecule has 7 rings (SSSR count). The molecule has 4 N–H and O–H groups in total. The van der Waals surface area contributed by atoms with Crippen LogP contribution in [0.4, 0.5) is 5.82 Å². The predicted octanol–water partition coefficient (Wildman–Crippen LogP) is 6.07. The Labute approximate surface area is 299 Å². The molecule has 0 radical (unpaired) electrons. The van der Waals surface area contributed by atoms with Gasteiger partial charge in [-0.1, -0.05) is 78.4 Å². The van der Waals surface area contributed by atoms with Gasteiger partial charge in [-0.2, -0.15) is 0 Å². The summed E-state index contributed by atoms with van der Waals surface area (Å²) in [7, 11) is 2.17. The molecule has 0 aliphatic carbocycles. The number of ether oxygens (including phenoxy) is 1. The number of aromatic nitrogens is 2. The Kier molecular flexibility index (Phi) is 10.1. The number of primary amides is 1. The van der Waals surface area contributed by atoms with Gasteiger partial charge in [0.1, 0.15) is 11.4 Å². The van der Waals surface area contributed by atoms with E-state index in [4.69, 9.17) is 16.2 Å². The van der Waals surface area contributed by atoms with E-state index < -0.39 is 5.91 Å². The van der Waals surface area contributed by atoms with Crippen LogP contribution in [-0.2, 0) is 17.8 Å². The first kappa shape index (κ1) is 34.4. The molecule has 2 aliphatic heterocycles. The molecule has 9 heteroatoms. The van der Waals surface area contributed by atoms with Crippen LogP contribution in [0.25, 0.3) is 44.6 Å². The maximum absolute atomic E-state index is 14.0. The first-order valence-electron chi connectivity index (χ1n) is 17.8. The number of pyridine rings is 2. The second kappa shape index (κ2) is 15.0. The maximum Gasteiger partial charge on any atom is 0.254 e. The Morgan fingerprint density at radius 1 is 0.824 bits per heavy atom. The summed E-state index contributed by atoms with van der Waals surface area (Å²) >= 11 is 0. The number of nitrogens with zero attached hydrogens (tertiary/aromatic N) is 4. The number of carbonyl (C=O) groups is 1. The molecule has 51 heavy (non-hydrogen) atoms. The van der Waals surface area contributed by atoms with Crippen LogP contribution in [0.5, 0.6) is 0 Å². The number of nitrogens with two attached hydrogens (primary N) is 2. The van der Waals surface area contributed by atoms with Crippen molar-refractivity contribution < 1.29 is 9.53 Å². The van der Waals surface area contributed by atoms with Crippen molar-refractivity contribution in [2.45, 2.75) is 32.9 Å². The minimum atomic E-state index is -0.746. The molecule has 0 unspecified atom stereocenters. The minimum absolute atomic E-state index is 0.00729. The number of piperazine rings is 1. The zero-order chi connectivity index (χ0) is 35.5. The second-order valence-corrected chi connectivity index (χ2v) is 14.0. The molecule has 2 fully saturated rings. The van der Waals surface area contributed by atoms with Crippen molar-refractivity contribution in [3.8, 4) is 44.6 Å². The van der Waals surface area contributed by atoms with Crippen molar-refractivity contribution in [3.63, 3.8) is 0 Å². The minimum Gasteiger partial charge on any atom is -0.383 e. The summed E-state index contributed by atoms with van der Waals surface area (Å²) in [6.07, 6.45) is 5.50. The van der Waals surface area contributed by atoms with E-state index in [2.05, 4.69) is 52.2 Å². The number of aryl methyl sites for hydroxylation is 1. The van der Waals surface area contributed by atoms with Crippen LogP contribution in [-0.4, -0.2) is 71.7 Å². The number of hydrogen-bond acceptors (Lipinski definition) is 7. The van der Waals surface area contributed by atoms with E-state index in [0.717, 1.165) is 84.5 Å². The van der Waals surface area contributed by atoms with Crippen LogP contribution in [0.3, 0.4) is 0 Å². The zero-order valence-corrected chi connectivity index (χ0v) is 29.5. The fourth-order valence-corrected chi connectivity index (χ4v) is 7.23. The molecule has 1 amide bonds. The van der Waals surface area contributed by atoms with Crippen molar-refractivity contribution in [1.82, 2.24) is 19.4 Å². The molecule has 4 heterocycles. The molecule has 0 bridgehead atoms. The Morgan fingerprint density at radius 2 is 1.43 bits per heavy atom. The Bertz CT molecular complexity index is 2060. The van der Waals surface area contributed by atoms with Gasteiger partial charge in [0.05, 0.1) is 5.69 Å². The van der Waals surface area contributed by atoms with Crippen LogP contribution in [0.2, 0.25) is 0 Å². The van der Waals surface area contributed by atoms with Crippen LogP contribution in [0, 0.1) is 12.8 Å². The number of anilines is 1. The van der Waals surface area contributed by atoms with Crippen molar-refractivity contribution in [2.75, 3.05) is 52.2 Å². The lowest BCUT2D eigenvalue weighted by Crippen LogP contribution is -2.43. The molecule has 5 aromatic rings. The van der Waals surface area contributed by atoms with Gasteiger partial charge in [0.25, 0.3) is 5.91 Å². The lowest BCUT2D eigenvalue weighted by atomic mass is 9.94. The monoisotopic (exact) mass is 682 g/mol. The highest BCUT2D eigenvalue weighted by Gasteiger charge is 2.25. The van der Waals surface area contributed by atoms with Crippen molar-refractivity contribution >= 4 is 11.7 Å². The summed E-state index contributed by atoms with van der Waals surface area (Å²) in [6, 6.07) is 26.3. The molecule has 262 valence electrons. The van der Waals surface area contributed by atoms with E-state index in [1.54, 1.807) is 0 Å². The van der Waals surface area contributed by atoms with Crippen molar-refractivity contribution in [3.05, 3.63) is 118 Å². The van der Waals surface area contributed by atoms with Crippen LogP contribution >= 0.6 is 0 Å². The zero-order valence-electron chi connectivity index (χ0n) is 29.5. The molecule has 2 aliphatic rings. The summed E-state index contributed by atoms with van der Waals surface area (Å²) in [6.45, 7) is 9.33. The van der Waals surface area contributed by atoms with Gasteiger partial charge < -0.3 is 25.7 Å². The molecule has 0 spiro atoms. The first-order valence-corrected chi connectivity index (χ1v) is 17.8. The third kappa shape index (κ3) is 7.66. The largest absolute Gasteiger partial charge is 0.383 e. The van der Waals surface area contributed by atoms with Gasteiger partial charge in [0.15, 0.2) is 0 Å². The fourth-order valence-electron chi connectivity index (χ4n) is 7.23. The lowest BCUT2D eigenvalue weighted by Gasteiger charge is -2.32. The molecule has 2 saturated heterocycles. The van der Waals surface area contributed by atoms with E-state index in [1.807, 2.05) is 72.4 Å². The summed E-state index contributed by atoms with van der Waals surface area (Å²) < 4.78 is 7.67. The third-order valence-electron chi connectivity index (χ3n) is 10.4. The van der Waals surface area contributed by atoms with E-state index in [0.29, 0.717) is 42.8 Å². The molecule has 3 aromatic carbocycles. The molecular formula is C42H46N6O3. The van der Waals surface area contributed by atoms with Gasteiger partial charge in [0, 0.05) is 81.6 Å². The number of likely N-dealkylation sites (N-methyl/N-ethyl adjacent to an activating group) is 1. The average molecular weight is 683 g/mol. The quantitative estimate of drug-likeness (QED) is 0.194. The number of amides is 1. The highest BCUT2D eigenvalue weighted by Crippen LogP contribution is 2.34. The molecule has 9 nitrogen and oxygen atoms in total. The highest BCUT2D eigenvalue weighted by molar-refractivity contribution is 6.00. The number of rotatable bonds is 9. The predicted molar refractivity (Wildman–Crippen MR) is 204 cm³/mol. The Morgan fingerprint density at radius 3 is 2.10 bits per heavy atom. The number of carbonyl (C=O) groups excluding carboxylic acids is 1. The van der Waals surface area contributed by atoms with Gasteiger partial charge in [-0.05, 0) is 66.6 Å². The summed E-state index contributed by atoms with van der Waals surface area (Å²) in [5, 5.41) is 0. The summed E-state index contributed by atoms with van der Waals surface area (Å²) in [5.74, 6) is 0.0136.